The first-order valence-electron chi connectivity index (χ1n) is 8.23. The molecular weight excluding hydrogens is 270 g/mol. The van der Waals surface area contributed by atoms with Crippen LogP contribution in [0, 0.1) is 17.8 Å². The monoisotopic (exact) mass is 303 g/mol. The Morgan fingerprint density at radius 1 is 1.15 bits per heavy atom. The van der Waals surface area contributed by atoms with Gasteiger partial charge in [0.05, 0.1) is 5.75 Å². The van der Waals surface area contributed by atoms with E-state index in [0.29, 0.717) is 23.6 Å². The summed E-state index contributed by atoms with van der Waals surface area (Å²) in [6.07, 6.45) is 8.59. The lowest BCUT2D eigenvalue weighted by molar-refractivity contribution is 0.162. The summed E-state index contributed by atoms with van der Waals surface area (Å²) in [6.45, 7) is 7.64. The minimum atomic E-state index is -2.83. The SMILES string of the molecule is CCCC1CCC(CNC(C)C)C(CCS(C)(=O)=O)C1. The molecule has 0 radical (unpaired) electrons. The highest BCUT2D eigenvalue weighted by Gasteiger charge is 2.30. The summed E-state index contributed by atoms with van der Waals surface area (Å²) in [6, 6.07) is 0.513. The van der Waals surface area contributed by atoms with Gasteiger partial charge in [0.1, 0.15) is 9.84 Å². The Balaban J connectivity index is 2.56. The molecule has 0 saturated heterocycles. The van der Waals surface area contributed by atoms with Crippen molar-refractivity contribution >= 4 is 9.84 Å². The van der Waals surface area contributed by atoms with Crippen LogP contribution in [-0.2, 0) is 9.84 Å². The number of rotatable bonds is 8. The smallest absolute Gasteiger partial charge is 0.147 e. The molecule has 4 heteroatoms. The van der Waals surface area contributed by atoms with Gasteiger partial charge in [-0.05, 0) is 43.6 Å². The molecule has 1 aliphatic rings. The van der Waals surface area contributed by atoms with Crippen LogP contribution in [0.5, 0.6) is 0 Å². The van der Waals surface area contributed by atoms with E-state index in [-0.39, 0.29) is 0 Å². The van der Waals surface area contributed by atoms with Crippen LogP contribution < -0.4 is 5.32 Å². The molecule has 1 aliphatic carbocycles. The first-order valence-corrected chi connectivity index (χ1v) is 10.3. The Bertz CT molecular complexity index is 365. The maximum Gasteiger partial charge on any atom is 0.147 e. The number of sulfone groups is 1. The van der Waals surface area contributed by atoms with Crippen molar-refractivity contribution in [2.75, 3.05) is 18.6 Å². The van der Waals surface area contributed by atoms with Crippen molar-refractivity contribution in [3.05, 3.63) is 0 Å². The van der Waals surface area contributed by atoms with E-state index in [1.807, 2.05) is 0 Å². The molecule has 0 spiro atoms. The maximum absolute atomic E-state index is 11.4. The fraction of sp³-hybridized carbons (Fsp3) is 1.00. The Kier molecular flexibility index (Phi) is 7.52. The predicted molar refractivity (Wildman–Crippen MR) is 86.7 cm³/mol. The quantitative estimate of drug-likeness (QED) is 0.748. The van der Waals surface area contributed by atoms with Gasteiger partial charge >= 0.3 is 0 Å². The van der Waals surface area contributed by atoms with Gasteiger partial charge in [-0.25, -0.2) is 8.42 Å². The minimum Gasteiger partial charge on any atom is -0.314 e. The van der Waals surface area contributed by atoms with E-state index < -0.39 is 9.84 Å². The van der Waals surface area contributed by atoms with Gasteiger partial charge in [-0.15, -0.1) is 0 Å². The average Bonchev–Trinajstić information content (AvgIpc) is 2.34. The van der Waals surface area contributed by atoms with Gasteiger partial charge in [-0.1, -0.05) is 40.0 Å². The minimum absolute atomic E-state index is 0.356. The van der Waals surface area contributed by atoms with Gasteiger partial charge in [0.15, 0.2) is 0 Å². The van der Waals surface area contributed by atoms with Crippen LogP contribution in [0.1, 0.15) is 59.3 Å². The van der Waals surface area contributed by atoms with Crippen LogP contribution in [0.2, 0.25) is 0 Å². The second-order valence-electron chi connectivity index (χ2n) is 6.97. The summed E-state index contributed by atoms with van der Waals surface area (Å²) in [5.41, 5.74) is 0. The number of nitrogens with one attached hydrogen (secondary N) is 1. The van der Waals surface area contributed by atoms with Gasteiger partial charge in [-0.2, -0.15) is 0 Å². The highest BCUT2D eigenvalue weighted by molar-refractivity contribution is 7.90. The second-order valence-corrected chi connectivity index (χ2v) is 9.23. The van der Waals surface area contributed by atoms with Crippen LogP contribution in [0.25, 0.3) is 0 Å². The van der Waals surface area contributed by atoms with Gasteiger partial charge in [0.2, 0.25) is 0 Å². The fourth-order valence-corrected chi connectivity index (χ4v) is 4.20. The zero-order chi connectivity index (χ0) is 15.2. The Morgan fingerprint density at radius 2 is 1.85 bits per heavy atom. The first-order chi connectivity index (χ1) is 9.31. The van der Waals surface area contributed by atoms with Crippen molar-refractivity contribution in [3.8, 4) is 0 Å². The van der Waals surface area contributed by atoms with Crippen LogP contribution in [0.15, 0.2) is 0 Å². The molecule has 1 rings (SSSR count). The van der Waals surface area contributed by atoms with E-state index in [2.05, 4.69) is 26.1 Å². The van der Waals surface area contributed by atoms with Crippen LogP contribution in [0.3, 0.4) is 0 Å². The third kappa shape index (κ3) is 7.07. The summed E-state index contributed by atoms with van der Waals surface area (Å²) in [7, 11) is -2.83. The van der Waals surface area contributed by atoms with Crippen LogP contribution in [0.4, 0.5) is 0 Å². The largest absolute Gasteiger partial charge is 0.314 e. The van der Waals surface area contributed by atoms with E-state index in [0.717, 1.165) is 18.9 Å². The van der Waals surface area contributed by atoms with Crippen molar-refractivity contribution in [2.45, 2.75) is 65.3 Å². The van der Waals surface area contributed by atoms with Gasteiger partial charge < -0.3 is 5.32 Å². The standard InChI is InChI=1S/C16H33NO2S/c1-5-6-14-7-8-16(12-17-13(2)3)15(11-14)9-10-20(4,18)19/h13-17H,5-12H2,1-4H3. The Hall–Kier alpha value is -0.0900. The molecule has 3 atom stereocenters. The molecule has 1 fully saturated rings. The van der Waals surface area contributed by atoms with Gasteiger partial charge in [0, 0.05) is 12.3 Å². The molecule has 0 aliphatic heterocycles. The van der Waals surface area contributed by atoms with Crippen molar-refractivity contribution < 1.29 is 8.42 Å². The lowest BCUT2D eigenvalue weighted by Crippen LogP contribution is -2.36. The van der Waals surface area contributed by atoms with Crippen LogP contribution >= 0.6 is 0 Å². The first kappa shape index (κ1) is 18.0. The molecule has 0 aromatic carbocycles. The highest BCUT2D eigenvalue weighted by atomic mass is 32.2. The summed E-state index contributed by atoms with van der Waals surface area (Å²) in [5, 5.41) is 3.54. The molecule has 3 unspecified atom stereocenters. The highest BCUT2D eigenvalue weighted by Crippen LogP contribution is 2.37. The molecule has 0 aromatic heterocycles. The fourth-order valence-electron chi connectivity index (χ4n) is 3.47. The molecule has 0 heterocycles. The van der Waals surface area contributed by atoms with Crippen molar-refractivity contribution in [1.82, 2.24) is 5.32 Å². The molecule has 1 saturated carbocycles. The molecular formula is C16H33NO2S. The summed E-state index contributed by atoms with van der Waals surface area (Å²) in [5.74, 6) is 2.42. The van der Waals surface area contributed by atoms with Gasteiger partial charge in [-0.3, -0.25) is 0 Å². The van der Waals surface area contributed by atoms with Crippen molar-refractivity contribution in [2.24, 2.45) is 17.8 Å². The molecule has 20 heavy (non-hydrogen) atoms. The van der Waals surface area contributed by atoms with Crippen molar-refractivity contribution in [1.29, 1.82) is 0 Å². The number of hydrogen-bond acceptors (Lipinski definition) is 3. The van der Waals surface area contributed by atoms with E-state index in [1.54, 1.807) is 0 Å². The maximum atomic E-state index is 11.4. The lowest BCUT2D eigenvalue weighted by atomic mass is 9.71. The molecule has 0 aromatic rings. The van der Waals surface area contributed by atoms with Gasteiger partial charge in [0.25, 0.3) is 0 Å². The third-order valence-electron chi connectivity index (χ3n) is 4.59. The Labute approximate surface area is 125 Å². The summed E-state index contributed by atoms with van der Waals surface area (Å²) < 4.78 is 22.9. The van der Waals surface area contributed by atoms with E-state index in [1.165, 1.54) is 38.4 Å². The Morgan fingerprint density at radius 3 is 2.40 bits per heavy atom. The van der Waals surface area contributed by atoms with Crippen molar-refractivity contribution in [3.63, 3.8) is 0 Å². The molecule has 0 amide bonds. The van der Waals surface area contributed by atoms with Crippen LogP contribution in [-0.4, -0.2) is 33.0 Å². The second kappa shape index (κ2) is 8.38. The molecule has 0 bridgehead atoms. The predicted octanol–water partition coefficient (Wildman–Crippen LogP) is 3.25. The zero-order valence-corrected chi connectivity index (χ0v) is 14.5. The number of hydrogen-bond donors (Lipinski definition) is 1. The molecule has 120 valence electrons. The normalized spacial score (nSPS) is 27.9. The van der Waals surface area contributed by atoms with E-state index >= 15 is 0 Å². The molecule has 1 N–H and O–H groups in total. The zero-order valence-electron chi connectivity index (χ0n) is 13.7. The summed E-state index contributed by atoms with van der Waals surface area (Å²) >= 11 is 0. The van der Waals surface area contributed by atoms with E-state index in [9.17, 15) is 8.42 Å². The summed E-state index contributed by atoms with van der Waals surface area (Å²) in [4.78, 5) is 0. The van der Waals surface area contributed by atoms with E-state index in [4.69, 9.17) is 0 Å². The topological polar surface area (TPSA) is 46.2 Å². The lowest BCUT2D eigenvalue weighted by Gasteiger charge is -2.37. The third-order valence-corrected chi connectivity index (χ3v) is 5.57. The molecule has 3 nitrogen and oxygen atoms in total. The average molecular weight is 304 g/mol.